The molecule has 0 aliphatic heterocycles. The predicted octanol–water partition coefficient (Wildman–Crippen LogP) is 3.65. The van der Waals surface area contributed by atoms with Crippen molar-refractivity contribution in [1.29, 1.82) is 0 Å². The Morgan fingerprint density at radius 2 is 1.68 bits per heavy atom. The zero-order valence-corrected chi connectivity index (χ0v) is 11.8. The summed E-state index contributed by atoms with van der Waals surface area (Å²) in [5, 5.41) is 0. The Labute approximate surface area is 127 Å². The smallest absolute Gasteiger partial charge is 0.147 e. The van der Waals surface area contributed by atoms with Crippen molar-refractivity contribution < 1.29 is 0 Å². The first-order valence-corrected chi connectivity index (χ1v) is 7.08. The van der Waals surface area contributed by atoms with Crippen LogP contribution in [0.1, 0.15) is 0 Å². The van der Waals surface area contributed by atoms with Gasteiger partial charge in [0, 0.05) is 23.6 Å². The lowest BCUT2D eigenvalue weighted by Crippen LogP contribution is -1.93. The molecule has 0 spiro atoms. The van der Waals surface area contributed by atoms with Crippen molar-refractivity contribution >= 4 is 11.2 Å². The largest absolute Gasteiger partial charge is 0.398 e. The molecule has 0 saturated heterocycles. The summed E-state index contributed by atoms with van der Waals surface area (Å²) in [4.78, 5) is 9.23. The molecule has 3 aromatic heterocycles. The molecule has 0 aliphatic carbocycles. The zero-order valence-electron chi connectivity index (χ0n) is 11.8. The number of aromatic nitrogens is 3. The molecular weight excluding hydrogens is 272 g/mol. The molecule has 0 atom stereocenters. The first-order chi connectivity index (χ1) is 10.8. The summed E-state index contributed by atoms with van der Waals surface area (Å²) in [6, 6.07) is 19.6. The molecular formula is C18H14N4. The SMILES string of the molecule is Nc1ccccc1-c1nc(-c2ccccn2)c2ccccn12. The fraction of sp³-hybridized carbons (Fsp3) is 0. The number of nitrogen functional groups attached to an aromatic ring is 1. The standard InChI is InChI=1S/C18H14N4/c19-14-8-2-1-7-13(14)18-21-17(15-9-3-5-11-20-15)16-10-4-6-12-22(16)18/h1-12H,19H2. The summed E-state index contributed by atoms with van der Waals surface area (Å²) < 4.78 is 2.05. The lowest BCUT2D eigenvalue weighted by molar-refractivity contribution is 1.16. The van der Waals surface area contributed by atoms with Gasteiger partial charge in [-0.1, -0.05) is 24.3 Å². The average Bonchev–Trinajstić information content (AvgIpc) is 2.96. The van der Waals surface area contributed by atoms with Gasteiger partial charge in [0.25, 0.3) is 0 Å². The van der Waals surface area contributed by atoms with E-state index in [2.05, 4.69) is 9.38 Å². The number of anilines is 1. The maximum Gasteiger partial charge on any atom is 0.147 e. The van der Waals surface area contributed by atoms with Gasteiger partial charge >= 0.3 is 0 Å². The highest BCUT2D eigenvalue weighted by Crippen LogP contribution is 2.30. The van der Waals surface area contributed by atoms with E-state index in [9.17, 15) is 0 Å². The Morgan fingerprint density at radius 1 is 0.864 bits per heavy atom. The molecule has 22 heavy (non-hydrogen) atoms. The quantitative estimate of drug-likeness (QED) is 0.572. The highest BCUT2D eigenvalue weighted by atomic mass is 15.0. The molecule has 4 nitrogen and oxygen atoms in total. The Hall–Kier alpha value is -3.14. The lowest BCUT2D eigenvalue weighted by atomic mass is 10.2. The second-order valence-electron chi connectivity index (χ2n) is 5.04. The van der Waals surface area contributed by atoms with E-state index in [1.807, 2.05) is 66.9 Å². The van der Waals surface area contributed by atoms with Crippen molar-refractivity contribution in [2.45, 2.75) is 0 Å². The van der Waals surface area contributed by atoms with E-state index in [1.165, 1.54) is 0 Å². The van der Waals surface area contributed by atoms with Gasteiger partial charge in [-0.15, -0.1) is 0 Å². The number of hydrogen-bond donors (Lipinski definition) is 1. The molecule has 4 aromatic rings. The normalized spacial score (nSPS) is 10.9. The number of nitrogens with two attached hydrogens (primary N) is 1. The number of imidazole rings is 1. The highest BCUT2D eigenvalue weighted by molar-refractivity contribution is 5.82. The summed E-state index contributed by atoms with van der Waals surface area (Å²) in [5.41, 5.74) is 10.5. The molecule has 2 N–H and O–H groups in total. The van der Waals surface area contributed by atoms with Crippen molar-refractivity contribution in [3.05, 3.63) is 73.1 Å². The van der Waals surface area contributed by atoms with E-state index in [4.69, 9.17) is 10.7 Å². The van der Waals surface area contributed by atoms with Gasteiger partial charge in [-0.2, -0.15) is 0 Å². The maximum absolute atomic E-state index is 6.12. The van der Waals surface area contributed by atoms with Crippen LogP contribution in [0.4, 0.5) is 5.69 Å². The van der Waals surface area contributed by atoms with Crippen LogP contribution in [0, 0.1) is 0 Å². The molecule has 0 unspecified atom stereocenters. The van der Waals surface area contributed by atoms with E-state index in [1.54, 1.807) is 6.20 Å². The summed E-state index contributed by atoms with van der Waals surface area (Å²) in [7, 11) is 0. The first-order valence-electron chi connectivity index (χ1n) is 7.08. The summed E-state index contributed by atoms with van der Waals surface area (Å²) in [6.07, 6.45) is 3.77. The van der Waals surface area contributed by atoms with Gasteiger partial charge in [0.2, 0.25) is 0 Å². The second-order valence-corrected chi connectivity index (χ2v) is 5.04. The van der Waals surface area contributed by atoms with Gasteiger partial charge in [-0.05, 0) is 36.4 Å². The van der Waals surface area contributed by atoms with Crippen LogP contribution in [0.2, 0.25) is 0 Å². The molecule has 0 aliphatic rings. The Balaban J connectivity index is 2.04. The van der Waals surface area contributed by atoms with Crippen molar-refractivity contribution in [2.24, 2.45) is 0 Å². The monoisotopic (exact) mass is 286 g/mol. The van der Waals surface area contributed by atoms with Crippen LogP contribution in [-0.2, 0) is 0 Å². The highest BCUT2D eigenvalue weighted by Gasteiger charge is 2.15. The van der Waals surface area contributed by atoms with E-state index < -0.39 is 0 Å². The number of para-hydroxylation sites is 1. The summed E-state index contributed by atoms with van der Waals surface area (Å²) in [5.74, 6) is 0.828. The van der Waals surface area contributed by atoms with E-state index >= 15 is 0 Å². The molecule has 3 heterocycles. The van der Waals surface area contributed by atoms with Gasteiger partial charge < -0.3 is 5.73 Å². The summed E-state index contributed by atoms with van der Waals surface area (Å²) >= 11 is 0. The molecule has 0 fully saturated rings. The van der Waals surface area contributed by atoms with Crippen LogP contribution in [0.15, 0.2) is 73.1 Å². The van der Waals surface area contributed by atoms with Crippen molar-refractivity contribution in [3.8, 4) is 22.8 Å². The molecule has 106 valence electrons. The minimum Gasteiger partial charge on any atom is -0.398 e. The van der Waals surface area contributed by atoms with Gasteiger partial charge in [-0.25, -0.2) is 4.98 Å². The Kier molecular flexibility index (Phi) is 2.86. The lowest BCUT2D eigenvalue weighted by Gasteiger charge is -2.03. The van der Waals surface area contributed by atoms with Crippen LogP contribution in [-0.4, -0.2) is 14.4 Å². The molecule has 0 bridgehead atoms. The summed E-state index contributed by atoms with van der Waals surface area (Å²) in [6.45, 7) is 0. The molecule has 0 saturated carbocycles. The fourth-order valence-electron chi connectivity index (χ4n) is 2.62. The van der Waals surface area contributed by atoms with E-state index in [0.29, 0.717) is 5.69 Å². The van der Waals surface area contributed by atoms with E-state index in [-0.39, 0.29) is 0 Å². The zero-order chi connectivity index (χ0) is 14.9. The maximum atomic E-state index is 6.12. The fourth-order valence-corrected chi connectivity index (χ4v) is 2.62. The van der Waals surface area contributed by atoms with Gasteiger partial charge in [0.15, 0.2) is 0 Å². The molecule has 1 aromatic carbocycles. The van der Waals surface area contributed by atoms with Crippen LogP contribution in [0.25, 0.3) is 28.3 Å². The van der Waals surface area contributed by atoms with Gasteiger partial charge in [0.05, 0.1) is 11.2 Å². The third-order valence-electron chi connectivity index (χ3n) is 3.66. The molecule has 0 radical (unpaired) electrons. The van der Waals surface area contributed by atoms with Crippen LogP contribution in [0.5, 0.6) is 0 Å². The van der Waals surface area contributed by atoms with Crippen LogP contribution in [0.3, 0.4) is 0 Å². The first kappa shape index (κ1) is 12.6. The number of fused-ring (bicyclic) bond motifs is 1. The topological polar surface area (TPSA) is 56.2 Å². The number of benzene rings is 1. The molecule has 4 rings (SSSR count). The molecule has 4 heteroatoms. The van der Waals surface area contributed by atoms with Crippen molar-refractivity contribution in [1.82, 2.24) is 14.4 Å². The van der Waals surface area contributed by atoms with Gasteiger partial charge in [0.1, 0.15) is 11.5 Å². The Morgan fingerprint density at radius 3 is 2.50 bits per heavy atom. The van der Waals surface area contributed by atoms with E-state index in [0.717, 1.165) is 28.3 Å². The van der Waals surface area contributed by atoms with Crippen LogP contribution >= 0.6 is 0 Å². The third kappa shape index (κ3) is 1.93. The minimum atomic E-state index is 0.714. The minimum absolute atomic E-state index is 0.714. The third-order valence-corrected chi connectivity index (χ3v) is 3.66. The Bertz CT molecular complexity index is 942. The van der Waals surface area contributed by atoms with Gasteiger partial charge in [-0.3, -0.25) is 9.38 Å². The second kappa shape index (κ2) is 5.00. The number of hydrogen-bond acceptors (Lipinski definition) is 3. The predicted molar refractivity (Wildman–Crippen MR) is 88.3 cm³/mol. The number of nitrogens with zero attached hydrogens (tertiary/aromatic N) is 3. The average molecular weight is 286 g/mol. The number of pyridine rings is 2. The van der Waals surface area contributed by atoms with Crippen LogP contribution < -0.4 is 5.73 Å². The number of rotatable bonds is 2. The van der Waals surface area contributed by atoms with Crippen molar-refractivity contribution in [2.75, 3.05) is 5.73 Å². The molecule has 0 amide bonds. The van der Waals surface area contributed by atoms with Crippen molar-refractivity contribution in [3.63, 3.8) is 0 Å².